The number of rotatable bonds is 9. The smallest absolute Gasteiger partial charge is 0.412 e. The van der Waals surface area contributed by atoms with Crippen LogP contribution in [0, 0.1) is 5.92 Å². The van der Waals surface area contributed by atoms with Crippen molar-refractivity contribution < 1.29 is 14.3 Å². The molecule has 1 aliphatic carbocycles. The van der Waals surface area contributed by atoms with Crippen LogP contribution in [0.1, 0.15) is 52.0 Å². The van der Waals surface area contributed by atoms with Gasteiger partial charge in [0.05, 0.1) is 0 Å². The van der Waals surface area contributed by atoms with Crippen LogP contribution in [0.3, 0.4) is 0 Å². The average molecular weight is 559 g/mol. The summed E-state index contributed by atoms with van der Waals surface area (Å²) in [7, 11) is 1.74. The molecule has 0 bridgehead atoms. The topological polar surface area (TPSA) is 104 Å². The molecule has 0 spiro atoms. The van der Waals surface area contributed by atoms with Gasteiger partial charge in [-0.1, -0.05) is 18.6 Å². The van der Waals surface area contributed by atoms with Crippen LogP contribution in [-0.2, 0) is 16.0 Å². The Hall–Kier alpha value is -2.04. The Morgan fingerprint density at radius 3 is 2.22 bits per heavy atom. The Labute approximate surface area is 208 Å². The molecule has 1 aromatic carbocycles. The molecule has 1 fully saturated rings. The van der Waals surface area contributed by atoms with Gasteiger partial charge in [-0.2, -0.15) is 0 Å². The van der Waals surface area contributed by atoms with Crippen LogP contribution >= 0.6 is 24.0 Å². The highest BCUT2D eigenvalue weighted by Crippen LogP contribution is 2.26. The minimum Gasteiger partial charge on any atom is -0.444 e. The summed E-state index contributed by atoms with van der Waals surface area (Å²) in [5, 5.41) is 12.3. The molecular formula is C23H38IN5O3. The number of amides is 2. The first kappa shape index (κ1) is 28.0. The summed E-state index contributed by atoms with van der Waals surface area (Å²) in [6.45, 7) is 7.66. The molecule has 9 heteroatoms. The molecule has 1 saturated carbocycles. The molecule has 32 heavy (non-hydrogen) atoms. The van der Waals surface area contributed by atoms with Gasteiger partial charge in [0.2, 0.25) is 5.91 Å². The fourth-order valence-corrected chi connectivity index (χ4v) is 3.04. The number of halogens is 1. The molecular weight excluding hydrogens is 521 g/mol. The van der Waals surface area contributed by atoms with E-state index in [1.54, 1.807) is 7.05 Å². The Morgan fingerprint density at radius 2 is 1.66 bits per heavy atom. The summed E-state index contributed by atoms with van der Waals surface area (Å²) in [6, 6.07) is 7.69. The fraction of sp³-hybridized carbons (Fsp3) is 0.609. The molecule has 2 rings (SSSR count). The molecule has 0 radical (unpaired) electrons. The van der Waals surface area contributed by atoms with Crippen LogP contribution in [0.5, 0.6) is 0 Å². The summed E-state index contributed by atoms with van der Waals surface area (Å²) >= 11 is 0. The van der Waals surface area contributed by atoms with Crippen LogP contribution in [0.15, 0.2) is 29.3 Å². The largest absolute Gasteiger partial charge is 0.444 e. The van der Waals surface area contributed by atoms with Crippen molar-refractivity contribution in [1.29, 1.82) is 0 Å². The summed E-state index contributed by atoms with van der Waals surface area (Å²) < 4.78 is 5.25. The molecule has 0 aliphatic heterocycles. The SMILES string of the molecule is CN=C(NCCCNC(=O)C1CCC1)NCCc1ccc(NC(=O)OC(C)(C)C)cc1.I. The zero-order valence-electron chi connectivity index (χ0n) is 19.6. The highest BCUT2D eigenvalue weighted by Gasteiger charge is 2.24. The van der Waals surface area contributed by atoms with Gasteiger partial charge in [0.25, 0.3) is 0 Å². The summed E-state index contributed by atoms with van der Waals surface area (Å²) in [5.74, 6) is 1.18. The average Bonchev–Trinajstić information content (AvgIpc) is 2.64. The quantitative estimate of drug-likeness (QED) is 0.160. The Balaban J connectivity index is 0.00000512. The first-order chi connectivity index (χ1) is 14.8. The van der Waals surface area contributed by atoms with E-state index in [0.29, 0.717) is 12.2 Å². The van der Waals surface area contributed by atoms with E-state index in [1.807, 2.05) is 45.0 Å². The maximum Gasteiger partial charge on any atom is 0.412 e. The molecule has 2 amide bonds. The number of carbonyl (C=O) groups excluding carboxylic acids is 2. The zero-order valence-corrected chi connectivity index (χ0v) is 22.0. The first-order valence-corrected chi connectivity index (χ1v) is 11.1. The second kappa shape index (κ2) is 14.2. The van der Waals surface area contributed by atoms with E-state index in [4.69, 9.17) is 4.74 Å². The number of guanidine groups is 1. The van der Waals surface area contributed by atoms with Crippen molar-refractivity contribution in [3.05, 3.63) is 29.8 Å². The molecule has 8 nitrogen and oxygen atoms in total. The summed E-state index contributed by atoms with van der Waals surface area (Å²) in [4.78, 5) is 27.8. The Morgan fingerprint density at radius 1 is 1.03 bits per heavy atom. The van der Waals surface area contributed by atoms with Gasteiger partial charge in [-0.15, -0.1) is 24.0 Å². The molecule has 0 aromatic heterocycles. The third kappa shape index (κ3) is 11.0. The van der Waals surface area contributed by atoms with Crippen molar-refractivity contribution in [2.24, 2.45) is 10.9 Å². The molecule has 0 atom stereocenters. The number of anilines is 1. The van der Waals surface area contributed by atoms with Crippen LogP contribution in [0.25, 0.3) is 0 Å². The zero-order chi connectivity index (χ0) is 22.7. The number of nitrogens with one attached hydrogen (secondary N) is 4. The second-order valence-corrected chi connectivity index (χ2v) is 8.77. The number of carbonyl (C=O) groups is 2. The lowest BCUT2D eigenvalue weighted by atomic mass is 9.85. The minimum absolute atomic E-state index is 0. The van der Waals surface area contributed by atoms with E-state index in [-0.39, 0.29) is 35.8 Å². The number of ether oxygens (including phenoxy) is 1. The van der Waals surface area contributed by atoms with Gasteiger partial charge in [0, 0.05) is 38.3 Å². The summed E-state index contributed by atoms with van der Waals surface area (Å²) in [6.07, 6.45) is 4.46. The van der Waals surface area contributed by atoms with Crippen molar-refractivity contribution in [1.82, 2.24) is 16.0 Å². The maximum absolute atomic E-state index is 11.8. The van der Waals surface area contributed by atoms with E-state index >= 15 is 0 Å². The second-order valence-electron chi connectivity index (χ2n) is 8.77. The minimum atomic E-state index is -0.522. The van der Waals surface area contributed by atoms with Crippen molar-refractivity contribution >= 4 is 47.6 Å². The lowest BCUT2D eigenvalue weighted by Gasteiger charge is -2.24. The standard InChI is InChI=1S/C23H37N5O3.HI/c1-23(2,3)31-22(30)28-19-11-9-17(10-12-19)13-16-27-21(24-4)26-15-6-14-25-20(29)18-7-5-8-18;/h9-12,18H,5-8,13-16H2,1-4H3,(H,25,29)(H,28,30)(H2,24,26,27);1H. The first-order valence-electron chi connectivity index (χ1n) is 11.1. The molecule has 1 aliphatic rings. The lowest BCUT2D eigenvalue weighted by Crippen LogP contribution is -2.40. The van der Waals surface area contributed by atoms with Gasteiger partial charge in [-0.3, -0.25) is 15.1 Å². The number of hydrogen-bond acceptors (Lipinski definition) is 4. The van der Waals surface area contributed by atoms with E-state index in [9.17, 15) is 9.59 Å². The van der Waals surface area contributed by atoms with Gasteiger partial charge >= 0.3 is 6.09 Å². The highest BCUT2D eigenvalue weighted by atomic mass is 127. The lowest BCUT2D eigenvalue weighted by molar-refractivity contribution is -0.127. The fourth-order valence-electron chi connectivity index (χ4n) is 3.04. The molecule has 4 N–H and O–H groups in total. The monoisotopic (exact) mass is 559 g/mol. The van der Waals surface area contributed by atoms with Crippen LogP contribution in [-0.4, -0.2) is 50.2 Å². The van der Waals surface area contributed by atoms with E-state index < -0.39 is 11.7 Å². The predicted octanol–water partition coefficient (Wildman–Crippen LogP) is 3.67. The van der Waals surface area contributed by atoms with Gasteiger partial charge < -0.3 is 20.7 Å². The normalized spacial score (nSPS) is 13.9. The van der Waals surface area contributed by atoms with Gasteiger partial charge in [0.1, 0.15) is 5.60 Å². The van der Waals surface area contributed by atoms with Crippen molar-refractivity contribution in [3.8, 4) is 0 Å². The highest BCUT2D eigenvalue weighted by molar-refractivity contribution is 14.0. The van der Waals surface area contributed by atoms with Crippen molar-refractivity contribution in [3.63, 3.8) is 0 Å². The maximum atomic E-state index is 11.8. The number of benzene rings is 1. The number of aliphatic imine (C=N–C) groups is 1. The predicted molar refractivity (Wildman–Crippen MR) is 140 cm³/mol. The van der Waals surface area contributed by atoms with Crippen molar-refractivity contribution in [2.45, 2.75) is 58.5 Å². The molecule has 1 aromatic rings. The third-order valence-electron chi connectivity index (χ3n) is 4.95. The molecule has 0 heterocycles. The molecule has 0 unspecified atom stereocenters. The van der Waals surface area contributed by atoms with Gasteiger partial charge in [0.15, 0.2) is 5.96 Å². The molecule has 0 saturated heterocycles. The summed E-state index contributed by atoms with van der Waals surface area (Å²) in [5.41, 5.74) is 1.33. The number of hydrogen-bond donors (Lipinski definition) is 4. The Bertz CT molecular complexity index is 743. The van der Waals surface area contributed by atoms with E-state index in [0.717, 1.165) is 50.3 Å². The van der Waals surface area contributed by atoms with Gasteiger partial charge in [-0.05, 0) is 64.2 Å². The van der Waals surface area contributed by atoms with Crippen LogP contribution in [0.2, 0.25) is 0 Å². The number of nitrogens with zero attached hydrogens (tertiary/aromatic N) is 1. The third-order valence-corrected chi connectivity index (χ3v) is 4.95. The van der Waals surface area contributed by atoms with Gasteiger partial charge in [-0.25, -0.2) is 4.79 Å². The van der Waals surface area contributed by atoms with E-state index in [2.05, 4.69) is 26.3 Å². The Kier molecular flexibility index (Phi) is 12.4. The molecule has 180 valence electrons. The van der Waals surface area contributed by atoms with Crippen molar-refractivity contribution in [2.75, 3.05) is 32.0 Å². The van der Waals surface area contributed by atoms with Crippen LogP contribution < -0.4 is 21.3 Å². The van der Waals surface area contributed by atoms with Crippen LogP contribution in [0.4, 0.5) is 10.5 Å². The van der Waals surface area contributed by atoms with E-state index in [1.165, 1.54) is 6.42 Å².